The average molecular weight is 327 g/mol. The third-order valence-electron chi connectivity index (χ3n) is 3.14. The van der Waals surface area contributed by atoms with Gasteiger partial charge in [0.2, 0.25) is 0 Å². The van der Waals surface area contributed by atoms with Crippen molar-refractivity contribution < 1.29 is 14.7 Å². The number of aryl methyl sites for hydroxylation is 1. The summed E-state index contributed by atoms with van der Waals surface area (Å²) in [6.45, 7) is 2.95. The van der Waals surface area contributed by atoms with E-state index in [-0.39, 0.29) is 18.4 Å². The van der Waals surface area contributed by atoms with Gasteiger partial charge in [0, 0.05) is 23.5 Å². The van der Waals surface area contributed by atoms with Crippen molar-refractivity contribution in [2.24, 2.45) is 5.92 Å². The molecule has 0 atom stereocenters. The molecule has 1 aromatic carbocycles. The number of hydrogen-bond donors (Lipinski definition) is 2. The summed E-state index contributed by atoms with van der Waals surface area (Å²) >= 11 is 3.43. The van der Waals surface area contributed by atoms with Gasteiger partial charge in [-0.2, -0.15) is 0 Å². The molecule has 1 heterocycles. The second-order valence-corrected chi connectivity index (χ2v) is 5.53. The van der Waals surface area contributed by atoms with Crippen LogP contribution < -0.4 is 5.32 Å². The number of carbonyl (C=O) groups is 2. The lowest BCUT2D eigenvalue weighted by molar-refractivity contribution is -0.139. The fourth-order valence-corrected chi connectivity index (χ4v) is 2.41. The Balaban J connectivity index is 1.89. The summed E-state index contributed by atoms with van der Waals surface area (Å²) < 4.78 is 0.867. The lowest BCUT2D eigenvalue weighted by atomic mass is 9.97. The molecule has 0 bridgehead atoms. The highest BCUT2D eigenvalue weighted by Gasteiger charge is 2.32. The zero-order chi connectivity index (χ0) is 14.0. The van der Waals surface area contributed by atoms with Crippen LogP contribution in [0.5, 0.6) is 0 Å². The van der Waals surface area contributed by atoms with Crippen molar-refractivity contribution in [2.45, 2.75) is 13.3 Å². The van der Waals surface area contributed by atoms with Crippen LogP contribution in [0.15, 0.2) is 22.7 Å². The van der Waals surface area contributed by atoms with Crippen LogP contribution in [0.4, 0.5) is 10.5 Å². The molecule has 1 aliphatic rings. The van der Waals surface area contributed by atoms with Gasteiger partial charge in [0.15, 0.2) is 0 Å². The fourth-order valence-electron chi connectivity index (χ4n) is 2.05. The normalized spacial score (nSPS) is 14.9. The highest BCUT2D eigenvalue weighted by Crippen LogP contribution is 2.27. The first-order chi connectivity index (χ1) is 8.97. The first-order valence-electron chi connectivity index (χ1n) is 6.00. The molecule has 0 unspecified atom stereocenters. The van der Waals surface area contributed by atoms with E-state index in [0.717, 1.165) is 15.7 Å². The maximum Gasteiger partial charge on any atom is 0.321 e. The Hall–Kier alpha value is -1.56. The van der Waals surface area contributed by atoms with E-state index < -0.39 is 5.97 Å². The third kappa shape index (κ3) is 3.26. The molecule has 0 spiro atoms. The number of benzene rings is 1. The first kappa shape index (κ1) is 13.9. The number of likely N-dealkylation sites (tertiary alicyclic amines) is 1. The van der Waals surface area contributed by atoms with Gasteiger partial charge in [0.1, 0.15) is 0 Å². The molecule has 6 heteroatoms. The van der Waals surface area contributed by atoms with Gasteiger partial charge in [-0.25, -0.2) is 4.79 Å². The summed E-state index contributed by atoms with van der Waals surface area (Å²) in [7, 11) is 0. The van der Waals surface area contributed by atoms with Crippen LogP contribution in [0.2, 0.25) is 0 Å². The molecular formula is C13H15BrN2O3. The number of amides is 2. The van der Waals surface area contributed by atoms with E-state index in [1.807, 2.05) is 25.1 Å². The largest absolute Gasteiger partial charge is 0.481 e. The minimum absolute atomic E-state index is 0.0733. The smallest absolute Gasteiger partial charge is 0.321 e. The highest BCUT2D eigenvalue weighted by molar-refractivity contribution is 9.10. The maximum absolute atomic E-state index is 11.9. The minimum atomic E-state index is -0.813. The molecule has 0 saturated carbocycles. The molecular weight excluding hydrogens is 312 g/mol. The summed E-state index contributed by atoms with van der Waals surface area (Å²) in [5.41, 5.74) is 1.77. The van der Waals surface area contributed by atoms with Crippen LogP contribution in [0, 0.1) is 12.8 Å². The second kappa shape index (κ2) is 5.61. The summed E-state index contributed by atoms with van der Waals surface area (Å²) in [5.74, 6) is -0.740. The average Bonchev–Trinajstić information content (AvgIpc) is 2.28. The number of nitrogens with one attached hydrogen (secondary N) is 1. The minimum Gasteiger partial charge on any atom is -0.481 e. The first-order valence-corrected chi connectivity index (χ1v) is 6.79. The fraction of sp³-hybridized carbons (Fsp3) is 0.385. The van der Waals surface area contributed by atoms with E-state index >= 15 is 0 Å². The standard InChI is InChI=1S/C13H15BrN2O3/c1-8-3-2-4-10(12(8)14)15-13(19)16-6-9(7-16)5-11(17)18/h2-4,9H,5-7H2,1H3,(H,15,19)(H,17,18). The molecule has 19 heavy (non-hydrogen) atoms. The number of carbonyl (C=O) groups excluding carboxylic acids is 1. The number of aliphatic carboxylic acids is 1. The number of carboxylic acid groups (broad SMARTS) is 1. The predicted molar refractivity (Wildman–Crippen MR) is 75.2 cm³/mol. The van der Waals surface area contributed by atoms with E-state index in [0.29, 0.717) is 13.1 Å². The molecule has 1 aromatic rings. The Morgan fingerprint density at radius 1 is 1.47 bits per heavy atom. The van der Waals surface area contributed by atoms with Gasteiger partial charge in [0.25, 0.3) is 0 Å². The van der Waals surface area contributed by atoms with Crippen molar-refractivity contribution in [1.82, 2.24) is 4.90 Å². The lowest BCUT2D eigenvalue weighted by Gasteiger charge is -2.38. The molecule has 2 N–H and O–H groups in total. The van der Waals surface area contributed by atoms with Crippen LogP contribution in [0.3, 0.4) is 0 Å². The Labute approximate surface area is 119 Å². The molecule has 1 saturated heterocycles. The van der Waals surface area contributed by atoms with Gasteiger partial charge >= 0.3 is 12.0 Å². The van der Waals surface area contributed by atoms with Crippen LogP contribution >= 0.6 is 15.9 Å². The molecule has 0 radical (unpaired) electrons. The van der Waals surface area contributed by atoms with E-state index in [9.17, 15) is 9.59 Å². The Morgan fingerprint density at radius 3 is 2.79 bits per heavy atom. The molecule has 2 rings (SSSR count). The van der Waals surface area contributed by atoms with Crippen molar-refractivity contribution in [2.75, 3.05) is 18.4 Å². The summed E-state index contributed by atoms with van der Waals surface area (Å²) in [4.78, 5) is 24.1. The van der Waals surface area contributed by atoms with Crippen LogP contribution in [-0.2, 0) is 4.79 Å². The zero-order valence-electron chi connectivity index (χ0n) is 10.5. The van der Waals surface area contributed by atoms with Gasteiger partial charge in [-0.3, -0.25) is 4.79 Å². The zero-order valence-corrected chi connectivity index (χ0v) is 12.1. The molecule has 1 fully saturated rings. The number of halogens is 1. The second-order valence-electron chi connectivity index (χ2n) is 4.74. The van der Waals surface area contributed by atoms with Crippen molar-refractivity contribution in [1.29, 1.82) is 0 Å². The molecule has 5 nitrogen and oxygen atoms in total. The van der Waals surface area contributed by atoms with Crippen molar-refractivity contribution >= 4 is 33.6 Å². The SMILES string of the molecule is Cc1cccc(NC(=O)N2CC(CC(=O)O)C2)c1Br. The van der Waals surface area contributed by atoms with Crippen LogP contribution in [-0.4, -0.2) is 35.1 Å². The van der Waals surface area contributed by atoms with Gasteiger partial charge in [-0.05, 0) is 34.5 Å². The quantitative estimate of drug-likeness (QED) is 0.897. The number of urea groups is 1. The predicted octanol–water partition coefficient (Wildman–Crippen LogP) is 2.70. The lowest BCUT2D eigenvalue weighted by Crippen LogP contribution is -2.52. The Kier molecular flexibility index (Phi) is 4.09. The van der Waals surface area contributed by atoms with Crippen molar-refractivity contribution in [3.05, 3.63) is 28.2 Å². The summed E-state index contributed by atoms with van der Waals surface area (Å²) in [6.07, 6.45) is 0.123. The van der Waals surface area contributed by atoms with Gasteiger partial charge in [-0.1, -0.05) is 12.1 Å². The summed E-state index contributed by atoms with van der Waals surface area (Å²) in [5, 5.41) is 11.5. The maximum atomic E-state index is 11.9. The number of hydrogen-bond acceptors (Lipinski definition) is 2. The molecule has 2 amide bonds. The van der Waals surface area contributed by atoms with Crippen molar-refractivity contribution in [3.63, 3.8) is 0 Å². The monoisotopic (exact) mass is 326 g/mol. The van der Waals surface area contributed by atoms with E-state index in [1.54, 1.807) is 4.90 Å². The van der Waals surface area contributed by atoms with E-state index in [2.05, 4.69) is 21.2 Å². The van der Waals surface area contributed by atoms with Gasteiger partial charge < -0.3 is 15.3 Å². The molecule has 0 aromatic heterocycles. The number of anilines is 1. The number of rotatable bonds is 3. The number of nitrogens with zero attached hydrogens (tertiary/aromatic N) is 1. The molecule has 0 aliphatic carbocycles. The highest BCUT2D eigenvalue weighted by atomic mass is 79.9. The van der Waals surface area contributed by atoms with Crippen LogP contribution in [0.1, 0.15) is 12.0 Å². The van der Waals surface area contributed by atoms with Gasteiger partial charge in [0.05, 0.1) is 12.1 Å². The van der Waals surface area contributed by atoms with Crippen molar-refractivity contribution in [3.8, 4) is 0 Å². The Morgan fingerprint density at radius 2 is 2.16 bits per heavy atom. The number of carboxylic acids is 1. The van der Waals surface area contributed by atoms with E-state index in [1.165, 1.54) is 0 Å². The molecule has 102 valence electrons. The topological polar surface area (TPSA) is 69.6 Å². The van der Waals surface area contributed by atoms with Crippen LogP contribution in [0.25, 0.3) is 0 Å². The summed E-state index contributed by atoms with van der Waals surface area (Å²) in [6, 6.07) is 5.46. The van der Waals surface area contributed by atoms with Gasteiger partial charge in [-0.15, -0.1) is 0 Å². The Bertz CT molecular complexity index is 513. The third-order valence-corrected chi connectivity index (χ3v) is 4.19. The molecule has 1 aliphatic heterocycles. The van der Waals surface area contributed by atoms with E-state index in [4.69, 9.17) is 5.11 Å².